The highest BCUT2D eigenvalue weighted by Gasteiger charge is 2.41. The second kappa shape index (κ2) is 10.6. The fourth-order valence-corrected chi connectivity index (χ4v) is 4.07. The lowest BCUT2D eigenvalue weighted by Crippen LogP contribution is -2.32. The van der Waals surface area contributed by atoms with E-state index in [1.54, 1.807) is 31.2 Å². The quantitative estimate of drug-likeness (QED) is 0.225. The van der Waals surface area contributed by atoms with E-state index in [0.29, 0.717) is 18.0 Å². The number of hydrogen-bond acceptors (Lipinski definition) is 6. The summed E-state index contributed by atoms with van der Waals surface area (Å²) in [5.74, 6) is -2.44. The van der Waals surface area contributed by atoms with Crippen molar-refractivity contribution < 1.29 is 28.7 Å². The zero-order chi connectivity index (χ0) is 24.3. The topological polar surface area (TPSA) is 102 Å². The van der Waals surface area contributed by atoms with Gasteiger partial charge in [-0.3, -0.25) is 24.1 Å². The Bertz CT molecular complexity index is 1110. The van der Waals surface area contributed by atoms with Crippen molar-refractivity contribution in [3.05, 3.63) is 55.5 Å². The van der Waals surface area contributed by atoms with Crippen LogP contribution in [-0.4, -0.2) is 48.3 Å². The van der Waals surface area contributed by atoms with Gasteiger partial charge in [-0.15, -0.1) is 0 Å². The molecule has 1 aliphatic heterocycles. The highest BCUT2D eigenvalue weighted by molar-refractivity contribution is 6.55. The lowest BCUT2D eigenvalue weighted by molar-refractivity contribution is -0.147. The molecule has 12 heteroatoms. The second-order valence-electron chi connectivity index (χ2n) is 6.66. The van der Waals surface area contributed by atoms with Gasteiger partial charge in [-0.2, -0.15) is 0 Å². The number of hydrogen-bond donors (Lipinski definition) is 1. The fourth-order valence-electron chi connectivity index (χ4n) is 3.06. The first-order valence-corrected chi connectivity index (χ1v) is 11.1. The summed E-state index contributed by atoms with van der Waals surface area (Å²) >= 11 is 24.1. The zero-order valence-electron chi connectivity index (χ0n) is 17.0. The summed E-state index contributed by atoms with van der Waals surface area (Å²) in [6.07, 6.45) is -0.356. The van der Waals surface area contributed by atoms with E-state index in [1.807, 2.05) is 0 Å². The van der Waals surface area contributed by atoms with Crippen molar-refractivity contribution in [1.29, 1.82) is 0 Å². The van der Waals surface area contributed by atoms with Crippen molar-refractivity contribution in [2.75, 3.05) is 25.1 Å². The highest BCUT2D eigenvalue weighted by atomic mass is 35.5. The van der Waals surface area contributed by atoms with E-state index < -0.39 is 30.3 Å². The number of para-hydroxylation sites is 2. The van der Waals surface area contributed by atoms with Gasteiger partial charge < -0.3 is 14.8 Å². The summed E-state index contributed by atoms with van der Waals surface area (Å²) < 4.78 is 10.3. The number of amides is 3. The largest absolute Gasteiger partial charge is 0.492 e. The number of imide groups is 1. The van der Waals surface area contributed by atoms with Gasteiger partial charge in [-0.05, 0) is 19.1 Å². The molecular weight excluding hydrogens is 518 g/mol. The number of halogens is 4. The Labute approximate surface area is 208 Å². The molecule has 0 atom stereocenters. The van der Waals surface area contributed by atoms with Gasteiger partial charge in [0.2, 0.25) is 0 Å². The molecule has 3 rings (SSSR count). The highest BCUT2D eigenvalue weighted by Crippen LogP contribution is 2.44. The maximum Gasteiger partial charge on any atom is 0.308 e. The third-order valence-electron chi connectivity index (χ3n) is 4.55. The van der Waals surface area contributed by atoms with Crippen LogP contribution in [0, 0.1) is 0 Å². The van der Waals surface area contributed by atoms with E-state index in [9.17, 15) is 19.2 Å². The van der Waals surface area contributed by atoms with Crippen LogP contribution in [-0.2, 0) is 14.3 Å². The minimum atomic E-state index is -0.798. The van der Waals surface area contributed by atoms with Gasteiger partial charge in [-0.1, -0.05) is 58.5 Å². The number of fused-ring (bicyclic) bond motifs is 1. The predicted molar refractivity (Wildman–Crippen MR) is 124 cm³/mol. The smallest absolute Gasteiger partial charge is 0.308 e. The maximum absolute atomic E-state index is 12.6. The molecule has 33 heavy (non-hydrogen) atoms. The van der Waals surface area contributed by atoms with Crippen LogP contribution in [0.2, 0.25) is 20.1 Å². The van der Waals surface area contributed by atoms with Crippen LogP contribution in [0.1, 0.15) is 34.1 Å². The summed E-state index contributed by atoms with van der Waals surface area (Å²) in [4.78, 5) is 50.3. The van der Waals surface area contributed by atoms with Crippen molar-refractivity contribution in [3.63, 3.8) is 0 Å². The second-order valence-corrected chi connectivity index (χ2v) is 8.17. The monoisotopic (exact) mass is 532 g/mol. The van der Waals surface area contributed by atoms with Crippen LogP contribution < -0.4 is 10.1 Å². The molecule has 0 aromatic heterocycles. The molecule has 8 nitrogen and oxygen atoms in total. The summed E-state index contributed by atoms with van der Waals surface area (Å²) in [7, 11) is 0. The molecule has 0 saturated heterocycles. The van der Waals surface area contributed by atoms with E-state index in [-0.39, 0.29) is 44.2 Å². The molecule has 0 unspecified atom stereocenters. The molecule has 2 aromatic carbocycles. The standard InChI is InChI=1S/C21H16Cl4N2O6/c1-2-32-11-6-4-3-5-10(11)26-12(28)9-33-13(29)7-8-27-20(30)14-15(21(27)31)17(23)19(25)18(24)16(14)22/h3-6H,2,7-9H2,1H3,(H,26,28). The average molecular weight is 534 g/mol. The number of esters is 1. The van der Waals surface area contributed by atoms with E-state index in [0.717, 1.165) is 4.90 Å². The number of rotatable bonds is 8. The molecule has 2 aromatic rings. The van der Waals surface area contributed by atoms with E-state index in [1.165, 1.54) is 0 Å². The normalized spacial score (nSPS) is 12.6. The third-order valence-corrected chi connectivity index (χ3v) is 6.35. The molecule has 1 aliphatic rings. The van der Waals surface area contributed by atoms with Gasteiger partial charge in [0, 0.05) is 6.54 Å². The van der Waals surface area contributed by atoms with Crippen LogP contribution in [0.25, 0.3) is 0 Å². The molecular formula is C21H16Cl4N2O6. The maximum atomic E-state index is 12.6. The lowest BCUT2D eigenvalue weighted by atomic mass is 10.1. The number of nitrogens with one attached hydrogen (secondary N) is 1. The van der Waals surface area contributed by atoms with Gasteiger partial charge in [0.05, 0.1) is 49.9 Å². The predicted octanol–water partition coefficient (Wildman–Crippen LogP) is 4.87. The first-order chi connectivity index (χ1) is 15.7. The van der Waals surface area contributed by atoms with Gasteiger partial charge in [-0.25, -0.2) is 0 Å². The number of anilines is 1. The summed E-state index contributed by atoms with van der Waals surface area (Å²) in [5.41, 5.74) is 0.0704. The molecule has 1 heterocycles. The van der Waals surface area contributed by atoms with Crippen molar-refractivity contribution >= 4 is 75.8 Å². The van der Waals surface area contributed by atoms with E-state index in [2.05, 4.69) is 5.32 Å². The first-order valence-electron chi connectivity index (χ1n) is 9.56. The van der Waals surface area contributed by atoms with Crippen LogP contribution in [0.3, 0.4) is 0 Å². The molecule has 0 bridgehead atoms. The Morgan fingerprint density at radius 3 is 2.09 bits per heavy atom. The average Bonchev–Trinajstić information content (AvgIpc) is 3.04. The molecule has 0 spiro atoms. The van der Waals surface area contributed by atoms with Crippen LogP contribution >= 0.6 is 46.4 Å². The molecule has 1 N–H and O–H groups in total. The Balaban J connectivity index is 1.57. The van der Waals surface area contributed by atoms with Crippen molar-refractivity contribution in [1.82, 2.24) is 4.90 Å². The number of ether oxygens (including phenoxy) is 2. The molecule has 0 aliphatic carbocycles. The molecule has 174 valence electrons. The molecule has 0 radical (unpaired) electrons. The minimum Gasteiger partial charge on any atom is -0.492 e. The minimum absolute atomic E-state index is 0.151. The molecule has 0 saturated carbocycles. The van der Waals surface area contributed by atoms with E-state index >= 15 is 0 Å². The Morgan fingerprint density at radius 1 is 0.939 bits per heavy atom. The number of nitrogens with zero attached hydrogens (tertiary/aromatic N) is 1. The Morgan fingerprint density at radius 2 is 1.52 bits per heavy atom. The summed E-state index contributed by atoms with van der Waals surface area (Å²) in [5, 5.41) is 1.88. The van der Waals surface area contributed by atoms with Crippen molar-refractivity contribution in [2.45, 2.75) is 13.3 Å². The Hall–Kier alpha value is -2.52. The first kappa shape index (κ1) is 25.1. The SMILES string of the molecule is CCOc1ccccc1NC(=O)COC(=O)CCN1C(=O)c2c(Cl)c(Cl)c(Cl)c(Cl)c2C1=O. The van der Waals surface area contributed by atoms with Gasteiger partial charge >= 0.3 is 5.97 Å². The fraction of sp³-hybridized carbons (Fsp3) is 0.238. The number of benzene rings is 2. The van der Waals surface area contributed by atoms with Crippen LogP contribution in [0.15, 0.2) is 24.3 Å². The zero-order valence-corrected chi connectivity index (χ0v) is 20.1. The van der Waals surface area contributed by atoms with E-state index in [4.69, 9.17) is 55.9 Å². The Kier molecular flexibility index (Phi) is 8.07. The van der Waals surface area contributed by atoms with Gasteiger partial charge in [0.15, 0.2) is 6.61 Å². The summed E-state index contributed by atoms with van der Waals surface area (Å²) in [6, 6.07) is 6.79. The number of carbonyl (C=O) groups excluding carboxylic acids is 4. The van der Waals surface area contributed by atoms with Crippen molar-refractivity contribution in [3.8, 4) is 5.75 Å². The van der Waals surface area contributed by atoms with Crippen LogP contribution in [0.5, 0.6) is 5.75 Å². The third kappa shape index (κ3) is 5.19. The lowest BCUT2D eigenvalue weighted by Gasteiger charge is -2.14. The summed E-state index contributed by atoms with van der Waals surface area (Å²) in [6.45, 7) is 1.33. The molecule has 3 amide bonds. The number of carbonyl (C=O) groups is 4. The molecule has 0 fully saturated rings. The van der Waals surface area contributed by atoms with Crippen molar-refractivity contribution in [2.24, 2.45) is 0 Å². The van der Waals surface area contributed by atoms with Crippen LogP contribution in [0.4, 0.5) is 5.69 Å². The van der Waals surface area contributed by atoms with Gasteiger partial charge in [0.1, 0.15) is 5.75 Å². The van der Waals surface area contributed by atoms with Gasteiger partial charge in [0.25, 0.3) is 17.7 Å².